The van der Waals surface area contributed by atoms with Crippen LogP contribution in [0.3, 0.4) is 0 Å². The standard InChI is InChI=1S/C27H29N3O4S/c31-26(20-21-8-4-3-5-9-21)28-23-12-10-22(11-13-23)27(32)29-24-14-16-25(17-15-24)35(33,34)30-18-6-1-2-7-19-30/h3-5,8-17H,1-2,6-7,18-20H2,(H,28,31)(H,29,32). The topological polar surface area (TPSA) is 95.6 Å². The summed E-state index contributed by atoms with van der Waals surface area (Å²) in [5, 5.41) is 5.61. The van der Waals surface area contributed by atoms with Crippen molar-refractivity contribution in [1.29, 1.82) is 0 Å². The third-order valence-electron chi connectivity index (χ3n) is 5.95. The van der Waals surface area contributed by atoms with Crippen molar-refractivity contribution in [3.05, 3.63) is 90.0 Å². The molecule has 0 bridgehead atoms. The van der Waals surface area contributed by atoms with E-state index in [4.69, 9.17) is 0 Å². The lowest BCUT2D eigenvalue weighted by Gasteiger charge is -2.20. The van der Waals surface area contributed by atoms with Gasteiger partial charge in [0.15, 0.2) is 0 Å². The summed E-state index contributed by atoms with van der Waals surface area (Å²) in [6.45, 7) is 1.09. The van der Waals surface area contributed by atoms with E-state index in [0.29, 0.717) is 30.0 Å². The summed E-state index contributed by atoms with van der Waals surface area (Å²) in [4.78, 5) is 25.1. The normalized spacial score (nSPS) is 14.6. The van der Waals surface area contributed by atoms with Crippen molar-refractivity contribution < 1.29 is 18.0 Å². The van der Waals surface area contributed by atoms with Gasteiger partial charge in [0.2, 0.25) is 15.9 Å². The molecule has 3 aromatic rings. The van der Waals surface area contributed by atoms with Crippen LogP contribution in [0, 0.1) is 0 Å². The number of anilines is 2. The second kappa shape index (κ2) is 11.3. The van der Waals surface area contributed by atoms with Crippen LogP contribution in [-0.4, -0.2) is 37.6 Å². The Morgan fingerprint density at radius 2 is 1.29 bits per heavy atom. The minimum atomic E-state index is -3.53. The van der Waals surface area contributed by atoms with Crippen LogP contribution < -0.4 is 10.6 Å². The molecule has 2 amide bonds. The molecule has 4 rings (SSSR count). The molecule has 0 radical (unpaired) electrons. The fourth-order valence-corrected chi connectivity index (χ4v) is 5.55. The largest absolute Gasteiger partial charge is 0.326 e. The number of hydrogen-bond acceptors (Lipinski definition) is 4. The molecule has 0 unspecified atom stereocenters. The minimum absolute atomic E-state index is 0.136. The van der Waals surface area contributed by atoms with Crippen LogP contribution in [0.15, 0.2) is 83.8 Å². The van der Waals surface area contributed by atoms with Crippen molar-refractivity contribution in [2.75, 3.05) is 23.7 Å². The smallest absolute Gasteiger partial charge is 0.255 e. The molecule has 8 heteroatoms. The van der Waals surface area contributed by atoms with Crippen molar-refractivity contribution in [3.63, 3.8) is 0 Å². The molecule has 3 aromatic carbocycles. The Labute approximate surface area is 206 Å². The molecular formula is C27H29N3O4S. The molecule has 0 aromatic heterocycles. The van der Waals surface area contributed by atoms with Crippen molar-refractivity contribution in [1.82, 2.24) is 4.31 Å². The van der Waals surface area contributed by atoms with Gasteiger partial charge in [0, 0.05) is 30.0 Å². The highest BCUT2D eigenvalue weighted by atomic mass is 32.2. The monoisotopic (exact) mass is 491 g/mol. The zero-order chi connectivity index (χ0) is 24.7. The Morgan fingerprint density at radius 1 is 0.714 bits per heavy atom. The van der Waals surface area contributed by atoms with Crippen LogP contribution in [0.25, 0.3) is 0 Å². The van der Waals surface area contributed by atoms with Crippen LogP contribution >= 0.6 is 0 Å². The van der Waals surface area contributed by atoms with Gasteiger partial charge in [0.1, 0.15) is 0 Å². The van der Waals surface area contributed by atoms with Gasteiger partial charge >= 0.3 is 0 Å². The molecule has 1 aliphatic heterocycles. The second-order valence-electron chi connectivity index (χ2n) is 8.58. The summed E-state index contributed by atoms with van der Waals surface area (Å²) in [5.74, 6) is -0.459. The van der Waals surface area contributed by atoms with E-state index in [1.54, 1.807) is 40.7 Å². The molecule has 0 atom stereocenters. The molecule has 1 heterocycles. The number of benzene rings is 3. The lowest BCUT2D eigenvalue weighted by Crippen LogP contribution is -2.31. The molecule has 0 saturated carbocycles. The van der Waals surface area contributed by atoms with E-state index in [9.17, 15) is 18.0 Å². The van der Waals surface area contributed by atoms with Crippen LogP contribution in [-0.2, 0) is 21.2 Å². The molecule has 1 aliphatic rings. The van der Waals surface area contributed by atoms with Crippen LogP contribution in [0.1, 0.15) is 41.6 Å². The number of nitrogens with zero attached hydrogens (tertiary/aromatic N) is 1. The second-order valence-corrected chi connectivity index (χ2v) is 10.5. The number of carbonyl (C=O) groups excluding carboxylic acids is 2. The highest BCUT2D eigenvalue weighted by Gasteiger charge is 2.25. The van der Waals surface area contributed by atoms with Crippen LogP contribution in [0.5, 0.6) is 0 Å². The van der Waals surface area contributed by atoms with Crippen molar-refractivity contribution in [3.8, 4) is 0 Å². The van der Waals surface area contributed by atoms with E-state index < -0.39 is 10.0 Å². The first-order valence-corrected chi connectivity index (χ1v) is 13.2. The molecule has 35 heavy (non-hydrogen) atoms. The fourth-order valence-electron chi connectivity index (χ4n) is 4.04. The Bertz CT molecular complexity index is 1250. The molecule has 182 valence electrons. The summed E-state index contributed by atoms with van der Waals surface area (Å²) >= 11 is 0. The number of carbonyl (C=O) groups is 2. The molecule has 1 fully saturated rings. The molecule has 7 nitrogen and oxygen atoms in total. The van der Waals surface area contributed by atoms with E-state index in [2.05, 4.69) is 10.6 Å². The predicted octanol–water partition coefficient (Wildman–Crippen LogP) is 4.68. The Hall–Kier alpha value is -3.49. The van der Waals surface area contributed by atoms with E-state index in [-0.39, 0.29) is 23.1 Å². The number of rotatable bonds is 7. The lowest BCUT2D eigenvalue weighted by atomic mass is 10.1. The number of amides is 2. The van der Waals surface area contributed by atoms with Gasteiger partial charge in [-0.25, -0.2) is 8.42 Å². The fraction of sp³-hybridized carbons (Fsp3) is 0.259. The van der Waals surface area contributed by atoms with Crippen LogP contribution in [0.2, 0.25) is 0 Å². The predicted molar refractivity (Wildman–Crippen MR) is 137 cm³/mol. The summed E-state index contributed by atoms with van der Waals surface area (Å²) in [7, 11) is -3.53. The quantitative estimate of drug-likeness (QED) is 0.501. The van der Waals surface area contributed by atoms with Gasteiger partial charge < -0.3 is 10.6 Å². The van der Waals surface area contributed by atoms with Gasteiger partial charge in [0.25, 0.3) is 5.91 Å². The maximum absolute atomic E-state index is 12.9. The number of nitrogens with one attached hydrogen (secondary N) is 2. The summed E-state index contributed by atoms with van der Waals surface area (Å²) in [6.07, 6.45) is 4.13. The molecular weight excluding hydrogens is 462 g/mol. The van der Waals surface area contributed by atoms with Crippen molar-refractivity contribution in [2.24, 2.45) is 0 Å². The van der Waals surface area contributed by atoms with Gasteiger partial charge in [-0.3, -0.25) is 9.59 Å². The molecule has 1 saturated heterocycles. The van der Waals surface area contributed by atoms with Gasteiger partial charge in [-0.05, 0) is 66.9 Å². The van der Waals surface area contributed by atoms with Gasteiger partial charge in [0.05, 0.1) is 11.3 Å². The summed E-state index contributed by atoms with van der Waals surface area (Å²) in [6, 6.07) is 22.3. The average molecular weight is 492 g/mol. The number of hydrogen-bond donors (Lipinski definition) is 2. The van der Waals surface area contributed by atoms with E-state index in [0.717, 1.165) is 31.2 Å². The van der Waals surface area contributed by atoms with Crippen molar-refractivity contribution in [2.45, 2.75) is 37.0 Å². The highest BCUT2D eigenvalue weighted by Crippen LogP contribution is 2.22. The third kappa shape index (κ3) is 6.55. The van der Waals surface area contributed by atoms with E-state index in [1.807, 2.05) is 30.3 Å². The van der Waals surface area contributed by atoms with Crippen molar-refractivity contribution >= 4 is 33.2 Å². The van der Waals surface area contributed by atoms with E-state index >= 15 is 0 Å². The maximum Gasteiger partial charge on any atom is 0.255 e. The zero-order valence-corrected chi connectivity index (χ0v) is 20.3. The van der Waals surface area contributed by atoms with E-state index in [1.165, 1.54) is 12.1 Å². The van der Waals surface area contributed by atoms with Gasteiger partial charge in [-0.2, -0.15) is 4.31 Å². The first kappa shape index (κ1) is 24.6. The molecule has 0 spiro atoms. The van der Waals surface area contributed by atoms with Crippen LogP contribution in [0.4, 0.5) is 11.4 Å². The Kier molecular flexibility index (Phi) is 7.94. The van der Waals surface area contributed by atoms with Gasteiger partial charge in [-0.1, -0.05) is 43.2 Å². The minimum Gasteiger partial charge on any atom is -0.326 e. The van der Waals surface area contributed by atoms with Gasteiger partial charge in [-0.15, -0.1) is 0 Å². The molecule has 0 aliphatic carbocycles. The number of sulfonamides is 1. The Balaban J connectivity index is 1.34. The SMILES string of the molecule is O=C(Cc1ccccc1)Nc1ccc(C(=O)Nc2ccc(S(=O)(=O)N3CCCCCC3)cc2)cc1. The summed E-state index contributed by atoms with van der Waals surface area (Å²) < 4.78 is 27.4. The third-order valence-corrected chi connectivity index (χ3v) is 7.87. The average Bonchev–Trinajstić information content (AvgIpc) is 3.16. The Morgan fingerprint density at radius 3 is 1.91 bits per heavy atom. The zero-order valence-electron chi connectivity index (χ0n) is 19.4. The first-order chi connectivity index (χ1) is 16.9. The summed E-state index contributed by atoms with van der Waals surface area (Å²) in [5.41, 5.74) is 2.45. The molecule has 2 N–H and O–H groups in total. The highest BCUT2D eigenvalue weighted by molar-refractivity contribution is 7.89. The maximum atomic E-state index is 12.9. The first-order valence-electron chi connectivity index (χ1n) is 11.8. The lowest BCUT2D eigenvalue weighted by molar-refractivity contribution is -0.115.